The lowest BCUT2D eigenvalue weighted by Gasteiger charge is -2.37. The average Bonchev–Trinajstić information content (AvgIpc) is 2.58. The summed E-state index contributed by atoms with van der Waals surface area (Å²) in [6, 6.07) is 10.0. The number of aryl methyl sites for hydroxylation is 1. The Kier molecular flexibility index (Phi) is 6.55. The molecule has 0 spiro atoms. The van der Waals surface area contributed by atoms with Crippen molar-refractivity contribution in [2.75, 3.05) is 19.6 Å². The van der Waals surface area contributed by atoms with Crippen molar-refractivity contribution in [2.24, 2.45) is 4.99 Å². The predicted molar refractivity (Wildman–Crippen MR) is 96.8 cm³/mol. The van der Waals surface area contributed by atoms with E-state index in [4.69, 9.17) is 0 Å². The molecule has 0 aromatic heterocycles. The van der Waals surface area contributed by atoms with E-state index in [1.54, 1.807) is 6.34 Å². The Morgan fingerprint density at radius 2 is 2.04 bits per heavy atom. The first-order chi connectivity index (χ1) is 11.5. The summed E-state index contributed by atoms with van der Waals surface area (Å²) in [5.41, 5.74) is 1.17. The number of benzene rings is 1. The Morgan fingerprint density at radius 1 is 1.38 bits per heavy atom. The summed E-state index contributed by atoms with van der Waals surface area (Å²) >= 11 is 0. The molecular weight excluding hydrogens is 302 g/mol. The third-order valence-corrected chi connectivity index (χ3v) is 4.31. The van der Waals surface area contributed by atoms with E-state index < -0.39 is 5.60 Å². The number of likely N-dealkylation sites (tertiary alicyclic amines) is 1. The zero-order chi connectivity index (χ0) is 17.4. The fourth-order valence-electron chi connectivity index (χ4n) is 2.76. The molecule has 0 radical (unpaired) electrons. The molecule has 0 bridgehead atoms. The molecule has 5 heteroatoms. The zero-order valence-electron chi connectivity index (χ0n) is 14.4. The van der Waals surface area contributed by atoms with Gasteiger partial charge >= 0.3 is 0 Å². The van der Waals surface area contributed by atoms with Gasteiger partial charge in [0.1, 0.15) is 0 Å². The highest BCUT2D eigenvalue weighted by atomic mass is 16.3. The van der Waals surface area contributed by atoms with Crippen LogP contribution in [0.3, 0.4) is 0 Å². The Labute approximate surface area is 144 Å². The normalized spacial score (nSPS) is 17.0. The van der Waals surface area contributed by atoms with Gasteiger partial charge in [0.15, 0.2) is 0 Å². The molecule has 1 aromatic carbocycles. The summed E-state index contributed by atoms with van der Waals surface area (Å²) in [4.78, 5) is 18.4. The summed E-state index contributed by atoms with van der Waals surface area (Å²) in [6.45, 7) is 7.09. The second-order valence-electron chi connectivity index (χ2n) is 6.49. The number of allylic oxidation sites excluding steroid dienone is 1. The molecule has 1 saturated heterocycles. The number of amides is 1. The summed E-state index contributed by atoms with van der Waals surface area (Å²) in [5, 5.41) is 13.4. The second kappa shape index (κ2) is 8.64. The topological polar surface area (TPSA) is 64.9 Å². The van der Waals surface area contributed by atoms with E-state index in [0.29, 0.717) is 38.9 Å². The first kappa shape index (κ1) is 18.2. The maximum Gasteiger partial charge on any atom is 0.222 e. The molecule has 1 aliphatic heterocycles. The van der Waals surface area contributed by atoms with Crippen LogP contribution < -0.4 is 5.32 Å². The van der Waals surface area contributed by atoms with Crippen molar-refractivity contribution in [3.8, 4) is 0 Å². The van der Waals surface area contributed by atoms with Crippen molar-refractivity contribution in [2.45, 2.75) is 38.2 Å². The third kappa shape index (κ3) is 5.81. The van der Waals surface area contributed by atoms with E-state index in [0.717, 1.165) is 12.1 Å². The number of hydrogen-bond donors (Lipinski definition) is 2. The van der Waals surface area contributed by atoms with Gasteiger partial charge in [0, 0.05) is 25.2 Å². The summed E-state index contributed by atoms with van der Waals surface area (Å²) < 4.78 is 0. The van der Waals surface area contributed by atoms with Crippen molar-refractivity contribution >= 4 is 12.2 Å². The second-order valence-corrected chi connectivity index (χ2v) is 6.49. The number of carbonyl (C=O) groups is 1. The van der Waals surface area contributed by atoms with Crippen molar-refractivity contribution in [1.82, 2.24) is 10.2 Å². The smallest absolute Gasteiger partial charge is 0.222 e. The van der Waals surface area contributed by atoms with E-state index >= 15 is 0 Å². The number of rotatable bonds is 7. The van der Waals surface area contributed by atoms with Gasteiger partial charge in [0.2, 0.25) is 5.91 Å². The van der Waals surface area contributed by atoms with Gasteiger partial charge in [0.25, 0.3) is 0 Å². The number of nitrogens with one attached hydrogen (secondary N) is 1. The molecular formula is C19H27N3O2. The monoisotopic (exact) mass is 329 g/mol. The first-order valence-corrected chi connectivity index (χ1v) is 8.43. The van der Waals surface area contributed by atoms with Crippen molar-refractivity contribution in [3.05, 3.63) is 48.2 Å². The highest BCUT2D eigenvalue weighted by molar-refractivity contribution is 5.76. The number of aliphatic imine (C=N–C) groups is 1. The van der Waals surface area contributed by atoms with Crippen LogP contribution in [0.2, 0.25) is 0 Å². The van der Waals surface area contributed by atoms with Crippen LogP contribution in [-0.4, -0.2) is 47.5 Å². The van der Waals surface area contributed by atoms with Crippen LogP contribution in [0.5, 0.6) is 0 Å². The maximum absolute atomic E-state index is 12.3. The van der Waals surface area contributed by atoms with E-state index in [-0.39, 0.29) is 5.91 Å². The van der Waals surface area contributed by atoms with E-state index in [1.165, 1.54) is 5.56 Å². The minimum atomic E-state index is -0.816. The molecule has 2 rings (SSSR count). The van der Waals surface area contributed by atoms with Gasteiger partial charge in [-0.3, -0.25) is 9.79 Å². The van der Waals surface area contributed by atoms with E-state index in [2.05, 4.69) is 16.9 Å². The summed E-state index contributed by atoms with van der Waals surface area (Å²) in [7, 11) is 0. The molecule has 1 fully saturated rings. The molecule has 0 atom stereocenters. The number of piperidine rings is 1. The summed E-state index contributed by atoms with van der Waals surface area (Å²) in [5.74, 6) is 0.161. The molecule has 1 amide bonds. The molecule has 5 nitrogen and oxygen atoms in total. The van der Waals surface area contributed by atoms with Gasteiger partial charge in [0.05, 0.1) is 18.5 Å². The number of hydrogen-bond acceptors (Lipinski definition) is 3. The van der Waals surface area contributed by atoms with Gasteiger partial charge in [-0.15, -0.1) is 0 Å². The Bertz CT molecular complexity index is 576. The molecule has 0 unspecified atom stereocenters. The molecule has 24 heavy (non-hydrogen) atoms. The fourth-order valence-corrected chi connectivity index (χ4v) is 2.76. The van der Waals surface area contributed by atoms with Crippen LogP contribution in [-0.2, 0) is 11.2 Å². The highest BCUT2D eigenvalue weighted by Gasteiger charge is 2.33. The standard InChI is InChI=1S/C19H27N3O2/c1-16(2)21-15-20-14-19(24)10-12-22(13-11-19)18(23)9-8-17-6-4-3-5-7-17/h3-7,15,24H,1,8-14H2,2H3,(H,20,21). The Morgan fingerprint density at radius 3 is 2.67 bits per heavy atom. The first-order valence-electron chi connectivity index (χ1n) is 8.43. The molecule has 130 valence electrons. The van der Waals surface area contributed by atoms with Gasteiger partial charge in [-0.2, -0.15) is 0 Å². The number of nitrogens with zero attached hydrogens (tertiary/aromatic N) is 2. The Balaban J connectivity index is 1.74. The van der Waals surface area contributed by atoms with Crippen molar-refractivity contribution in [3.63, 3.8) is 0 Å². The van der Waals surface area contributed by atoms with Crippen LogP contribution in [0.25, 0.3) is 0 Å². The van der Waals surface area contributed by atoms with Crippen LogP contribution in [0.1, 0.15) is 31.7 Å². The lowest BCUT2D eigenvalue weighted by Crippen LogP contribution is -2.48. The minimum absolute atomic E-state index is 0.161. The summed E-state index contributed by atoms with van der Waals surface area (Å²) in [6.07, 6.45) is 3.97. The quantitative estimate of drug-likeness (QED) is 0.595. The van der Waals surface area contributed by atoms with Crippen LogP contribution in [0.4, 0.5) is 0 Å². The largest absolute Gasteiger partial charge is 0.388 e. The fraction of sp³-hybridized carbons (Fsp3) is 0.474. The number of aliphatic hydroxyl groups is 1. The molecule has 1 aromatic rings. The van der Waals surface area contributed by atoms with Gasteiger partial charge in [-0.05, 0) is 31.7 Å². The Hall–Kier alpha value is -2.14. The molecule has 1 heterocycles. The molecule has 2 N–H and O–H groups in total. The lowest BCUT2D eigenvalue weighted by atomic mass is 9.91. The molecule has 1 aliphatic rings. The average molecular weight is 329 g/mol. The van der Waals surface area contributed by atoms with Crippen LogP contribution in [0.15, 0.2) is 47.6 Å². The SMILES string of the molecule is C=C(C)NC=NCC1(O)CCN(C(=O)CCc2ccccc2)CC1. The minimum Gasteiger partial charge on any atom is -0.388 e. The van der Waals surface area contributed by atoms with Gasteiger partial charge in [-0.1, -0.05) is 36.9 Å². The van der Waals surface area contributed by atoms with Crippen LogP contribution >= 0.6 is 0 Å². The van der Waals surface area contributed by atoms with E-state index in [1.807, 2.05) is 42.2 Å². The zero-order valence-corrected chi connectivity index (χ0v) is 14.4. The lowest BCUT2D eigenvalue weighted by molar-refractivity contribution is -0.135. The molecule has 0 aliphatic carbocycles. The van der Waals surface area contributed by atoms with Crippen molar-refractivity contribution in [1.29, 1.82) is 0 Å². The highest BCUT2D eigenvalue weighted by Crippen LogP contribution is 2.23. The van der Waals surface area contributed by atoms with Gasteiger partial charge in [-0.25, -0.2) is 0 Å². The third-order valence-electron chi connectivity index (χ3n) is 4.31. The van der Waals surface area contributed by atoms with Crippen molar-refractivity contribution < 1.29 is 9.90 Å². The number of carbonyl (C=O) groups excluding carboxylic acids is 1. The predicted octanol–water partition coefficient (Wildman–Crippen LogP) is 2.12. The van der Waals surface area contributed by atoms with Gasteiger partial charge < -0.3 is 15.3 Å². The maximum atomic E-state index is 12.3. The molecule has 0 saturated carbocycles. The van der Waals surface area contributed by atoms with Crippen LogP contribution in [0, 0.1) is 0 Å². The van der Waals surface area contributed by atoms with E-state index in [9.17, 15) is 9.90 Å².